The van der Waals surface area contributed by atoms with Crippen molar-refractivity contribution < 1.29 is 4.74 Å². The van der Waals surface area contributed by atoms with E-state index in [1.165, 1.54) is 0 Å². The topological polar surface area (TPSA) is 35.2 Å². The van der Waals surface area contributed by atoms with Crippen LogP contribution in [0.3, 0.4) is 0 Å². The van der Waals surface area contributed by atoms with Gasteiger partial charge in [-0.15, -0.1) is 0 Å². The van der Waals surface area contributed by atoms with Crippen LogP contribution in [0.25, 0.3) is 0 Å². The van der Waals surface area contributed by atoms with Crippen LogP contribution in [0, 0.1) is 0 Å². The molecule has 2 aromatic carbocycles. The van der Waals surface area contributed by atoms with Crippen molar-refractivity contribution in [2.75, 3.05) is 0 Å². The summed E-state index contributed by atoms with van der Waals surface area (Å²) in [6.45, 7) is 2.45. The molecule has 3 heteroatoms. The van der Waals surface area contributed by atoms with Gasteiger partial charge in [0.2, 0.25) is 0 Å². The van der Waals surface area contributed by atoms with E-state index in [1.54, 1.807) is 0 Å². The van der Waals surface area contributed by atoms with E-state index in [4.69, 9.17) is 22.1 Å². The fourth-order valence-corrected chi connectivity index (χ4v) is 1.92. The zero-order valence-electron chi connectivity index (χ0n) is 10.3. The fourth-order valence-electron chi connectivity index (χ4n) is 1.74. The van der Waals surface area contributed by atoms with Gasteiger partial charge in [-0.25, -0.2) is 0 Å². The smallest absolute Gasteiger partial charge is 0.124 e. The minimum Gasteiger partial charge on any atom is -0.489 e. The third-order valence-corrected chi connectivity index (χ3v) is 2.93. The molecule has 0 aliphatic carbocycles. The molecule has 0 saturated carbocycles. The lowest BCUT2D eigenvalue weighted by atomic mass is 10.1. The highest BCUT2D eigenvalue weighted by molar-refractivity contribution is 6.30. The molecule has 0 heterocycles. The number of hydrogen-bond donors (Lipinski definition) is 1. The van der Waals surface area contributed by atoms with Crippen LogP contribution in [0.1, 0.15) is 24.1 Å². The number of benzene rings is 2. The zero-order valence-corrected chi connectivity index (χ0v) is 11.0. The summed E-state index contributed by atoms with van der Waals surface area (Å²) in [6.07, 6.45) is 0. The van der Waals surface area contributed by atoms with Gasteiger partial charge in [0.1, 0.15) is 12.4 Å². The largest absolute Gasteiger partial charge is 0.489 e. The van der Waals surface area contributed by atoms with Gasteiger partial charge in [-0.2, -0.15) is 0 Å². The first-order chi connectivity index (χ1) is 8.66. The van der Waals surface area contributed by atoms with E-state index in [0.717, 1.165) is 16.9 Å². The lowest BCUT2D eigenvalue weighted by Gasteiger charge is -2.14. The average molecular weight is 262 g/mol. The lowest BCUT2D eigenvalue weighted by molar-refractivity contribution is 0.301. The Morgan fingerprint density at radius 3 is 2.56 bits per heavy atom. The summed E-state index contributed by atoms with van der Waals surface area (Å²) in [4.78, 5) is 0. The molecule has 1 atom stereocenters. The van der Waals surface area contributed by atoms with Gasteiger partial charge >= 0.3 is 0 Å². The van der Waals surface area contributed by atoms with Crippen molar-refractivity contribution in [3.05, 3.63) is 64.7 Å². The predicted molar refractivity (Wildman–Crippen MR) is 74.8 cm³/mol. The van der Waals surface area contributed by atoms with Crippen molar-refractivity contribution >= 4 is 11.6 Å². The highest BCUT2D eigenvalue weighted by Gasteiger charge is 2.09. The monoisotopic (exact) mass is 261 g/mol. The lowest BCUT2D eigenvalue weighted by Crippen LogP contribution is -2.08. The molecule has 18 heavy (non-hydrogen) atoms. The SMILES string of the molecule is CC(N)c1cc(Cl)ccc1OCc1ccccc1. The number of rotatable bonds is 4. The van der Waals surface area contributed by atoms with Crippen molar-refractivity contribution in [3.8, 4) is 5.75 Å². The molecule has 2 N–H and O–H groups in total. The van der Waals surface area contributed by atoms with E-state index in [2.05, 4.69) is 0 Å². The molecular formula is C15H16ClNO. The Bertz CT molecular complexity index is 511. The van der Waals surface area contributed by atoms with Gasteiger partial charge in [-0.1, -0.05) is 41.9 Å². The molecular weight excluding hydrogens is 246 g/mol. The van der Waals surface area contributed by atoms with Crippen LogP contribution in [0.5, 0.6) is 5.75 Å². The molecule has 2 rings (SSSR count). The second-order valence-corrected chi connectivity index (χ2v) is 4.68. The molecule has 0 saturated heterocycles. The second kappa shape index (κ2) is 5.89. The Morgan fingerprint density at radius 2 is 1.89 bits per heavy atom. The third-order valence-electron chi connectivity index (χ3n) is 2.70. The molecule has 0 bridgehead atoms. The summed E-state index contributed by atoms with van der Waals surface area (Å²) in [7, 11) is 0. The molecule has 0 fully saturated rings. The summed E-state index contributed by atoms with van der Waals surface area (Å²) >= 11 is 5.97. The van der Waals surface area contributed by atoms with Crippen LogP contribution in [0.2, 0.25) is 5.02 Å². The van der Waals surface area contributed by atoms with Gasteiger partial charge < -0.3 is 10.5 Å². The van der Waals surface area contributed by atoms with E-state index in [-0.39, 0.29) is 6.04 Å². The maximum absolute atomic E-state index is 5.97. The third kappa shape index (κ3) is 3.25. The number of hydrogen-bond acceptors (Lipinski definition) is 2. The zero-order chi connectivity index (χ0) is 13.0. The van der Waals surface area contributed by atoms with Gasteiger partial charge in [0.15, 0.2) is 0 Å². The highest BCUT2D eigenvalue weighted by atomic mass is 35.5. The van der Waals surface area contributed by atoms with Crippen LogP contribution in [0.15, 0.2) is 48.5 Å². The van der Waals surface area contributed by atoms with Crippen LogP contribution in [0.4, 0.5) is 0 Å². The highest BCUT2D eigenvalue weighted by Crippen LogP contribution is 2.27. The molecule has 0 radical (unpaired) electrons. The molecule has 94 valence electrons. The Kier molecular flexibility index (Phi) is 4.24. The fraction of sp³-hybridized carbons (Fsp3) is 0.200. The van der Waals surface area contributed by atoms with Gasteiger partial charge in [-0.3, -0.25) is 0 Å². The maximum atomic E-state index is 5.97. The summed E-state index contributed by atoms with van der Waals surface area (Å²) in [5.74, 6) is 0.790. The van der Waals surface area contributed by atoms with Crippen molar-refractivity contribution in [1.82, 2.24) is 0 Å². The number of halogens is 1. The molecule has 2 aromatic rings. The summed E-state index contributed by atoms with van der Waals surface area (Å²) in [5.41, 5.74) is 7.97. The number of nitrogens with two attached hydrogens (primary N) is 1. The van der Waals surface area contributed by atoms with Crippen molar-refractivity contribution in [3.63, 3.8) is 0 Å². The normalized spacial score (nSPS) is 12.2. The summed E-state index contributed by atoms with van der Waals surface area (Å²) < 4.78 is 5.80. The van der Waals surface area contributed by atoms with Gasteiger partial charge in [0, 0.05) is 16.6 Å². The van der Waals surface area contributed by atoms with Gasteiger partial charge in [0.25, 0.3) is 0 Å². The Hall–Kier alpha value is -1.51. The van der Waals surface area contributed by atoms with Crippen molar-refractivity contribution in [2.45, 2.75) is 19.6 Å². The standard InChI is InChI=1S/C15H16ClNO/c1-11(17)14-9-13(16)7-8-15(14)18-10-12-5-3-2-4-6-12/h2-9,11H,10,17H2,1H3. The first-order valence-electron chi connectivity index (χ1n) is 5.88. The van der Waals surface area contributed by atoms with Crippen LogP contribution in [-0.2, 0) is 6.61 Å². The van der Waals surface area contributed by atoms with Crippen LogP contribution < -0.4 is 10.5 Å². The first-order valence-corrected chi connectivity index (χ1v) is 6.26. The van der Waals surface area contributed by atoms with E-state index in [0.29, 0.717) is 11.6 Å². The maximum Gasteiger partial charge on any atom is 0.124 e. The van der Waals surface area contributed by atoms with E-state index in [1.807, 2.05) is 55.5 Å². The quantitative estimate of drug-likeness (QED) is 0.905. The van der Waals surface area contributed by atoms with Crippen molar-refractivity contribution in [1.29, 1.82) is 0 Å². The molecule has 0 aromatic heterocycles. The predicted octanol–water partition coefficient (Wildman–Crippen LogP) is 3.94. The average Bonchev–Trinajstić information content (AvgIpc) is 2.38. The minimum absolute atomic E-state index is 0.102. The van der Waals surface area contributed by atoms with Crippen LogP contribution in [-0.4, -0.2) is 0 Å². The second-order valence-electron chi connectivity index (χ2n) is 4.25. The van der Waals surface area contributed by atoms with E-state index >= 15 is 0 Å². The molecule has 0 spiro atoms. The Morgan fingerprint density at radius 1 is 1.17 bits per heavy atom. The van der Waals surface area contributed by atoms with Crippen LogP contribution >= 0.6 is 11.6 Å². The Labute approximate surface area is 112 Å². The van der Waals surface area contributed by atoms with E-state index in [9.17, 15) is 0 Å². The Balaban J connectivity index is 2.14. The molecule has 0 amide bonds. The van der Waals surface area contributed by atoms with E-state index < -0.39 is 0 Å². The minimum atomic E-state index is -0.102. The summed E-state index contributed by atoms with van der Waals surface area (Å²) in [5, 5.41) is 0.675. The molecule has 0 aliphatic heterocycles. The first kappa shape index (κ1) is 12.9. The number of ether oxygens (including phenoxy) is 1. The molecule has 2 nitrogen and oxygen atoms in total. The summed E-state index contributed by atoms with van der Waals surface area (Å²) in [6, 6.07) is 15.5. The van der Waals surface area contributed by atoms with Gasteiger partial charge in [-0.05, 0) is 30.7 Å². The van der Waals surface area contributed by atoms with Crippen molar-refractivity contribution in [2.24, 2.45) is 5.73 Å². The van der Waals surface area contributed by atoms with Gasteiger partial charge in [0.05, 0.1) is 0 Å². The molecule has 1 unspecified atom stereocenters. The molecule has 0 aliphatic rings.